The minimum Gasteiger partial charge on any atom is -0.365 e. The monoisotopic (exact) mass is 339 g/mol. The lowest BCUT2D eigenvalue weighted by Crippen LogP contribution is -2.02. The molecule has 1 aromatic heterocycles. The van der Waals surface area contributed by atoms with E-state index in [9.17, 15) is 8.42 Å². The van der Waals surface area contributed by atoms with Crippen LogP contribution < -0.4 is 5.32 Å². The van der Waals surface area contributed by atoms with Crippen LogP contribution in [0.4, 0.5) is 5.82 Å². The van der Waals surface area contributed by atoms with Crippen molar-refractivity contribution in [3.8, 4) is 11.3 Å². The topological polar surface area (TPSA) is 72.0 Å². The lowest BCUT2D eigenvalue weighted by atomic mass is 10.2. The summed E-state index contributed by atoms with van der Waals surface area (Å²) in [4.78, 5) is 9.02. The van der Waals surface area contributed by atoms with E-state index < -0.39 is 9.84 Å². The summed E-state index contributed by atoms with van der Waals surface area (Å²) >= 11 is 0. The lowest BCUT2D eigenvalue weighted by molar-refractivity contribution is 0.602. The fourth-order valence-electron chi connectivity index (χ4n) is 2.25. The molecular formula is C18H17N3O2S. The number of rotatable bonds is 5. The van der Waals surface area contributed by atoms with Crippen LogP contribution in [0.25, 0.3) is 11.3 Å². The molecule has 0 amide bonds. The average molecular weight is 339 g/mol. The third kappa shape index (κ3) is 3.97. The number of anilines is 1. The summed E-state index contributed by atoms with van der Waals surface area (Å²) in [5.74, 6) is 0.670. The third-order valence-electron chi connectivity index (χ3n) is 3.53. The molecule has 0 saturated carbocycles. The highest BCUT2D eigenvalue weighted by molar-refractivity contribution is 7.90. The summed E-state index contributed by atoms with van der Waals surface area (Å²) in [6.45, 7) is 0.659. The molecule has 3 aromatic rings. The summed E-state index contributed by atoms with van der Waals surface area (Å²) in [6.07, 6.45) is 4.51. The second-order valence-electron chi connectivity index (χ2n) is 5.43. The predicted octanol–water partition coefficient (Wildman–Crippen LogP) is 3.16. The molecule has 24 heavy (non-hydrogen) atoms. The van der Waals surface area contributed by atoms with Crippen LogP contribution in [0.3, 0.4) is 0 Å². The predicted molar refractivity (Wildman–Crippen MR) is 94.3 cm³/mol. The minimum absolute atomic E-state index is 0.289. The molecule has 5 nitrogen and oxygen atoms in total. The van der Waals surface area contributed by atoms with Crippen molar-refractivity contribution in [3.63, 3.8) is 0 Å². The maximum atomic E-state index is 11.5. The second kappa shape index (κ2) is 6.80. The Morgan fingerprint density at radius 1 is 0.958 bits per heavy atom. The van der Waals surface area contributed by atoms with Gasteiger partial charge in [0.05, 0.1) is 23.0 Å². The van der Waals surface area contributed by atoms with Gasteiger partial charge < -0.3 is 5.32 Å². The summed E-state index contributed by atoms with van der Waals surface area (Å²) in [7, 11) is -3.20. The smallest absolute Gasteiger partial charge is 0.175 e. The Labute approximate surface area is 141 Å². The molecule has 0 atom stereocenters. The molecule has 1 heterocycles. The molecule has 0 radical (unpaired) electrons. The van der Waals surface area contributed by atoms with E-state index in [1.54, 1.807) is 36.7 Å². The van der Waals surface area contributed by atoms with E-state index in [2.05, 4.69) is 15.3 Å². The lowest BCUT2D eigenvalue weighted by Gasteiger charge is -2.07. The largest absolute Gasteiger partial charge is 0.365 e. The molecule has 6 heteroatoms. The van der Waals surface area contributed by atoms with E-state index in [-0.39, 0.29) is 4.90 Å². The average Bonchev–Trinajstić information content (AvgIpc) is 2.60. The van der Waals surface area contributed by atoms with E-state index in [1.807, 2.05) is 30.3 Å². The molecule has 0 spiro atoms. The molecule has 0 fully saturated rings. The SMILES string of the molecule is CS(=O)(=O)c1ccc(-c2cncc(NCc3ccccc3)n2)cc1. The molecule has 0 aliphatic rings. The van der Waals surface area contributed by atoms with Gasteiger partial charge in [-0.15, -0.1) is 0 Å². The van der Waals surface area contributed by atoms with Crippen molar-refractivity contribution in [3.05, 3.63) is 72.6 Å². The van der Waals surface area contributed by atoms with Crippen molar-refractivity contribution in [1.82, 2.24) is 9.97 Å². The highest BCUT2D eigenvalue weighted by Gasteiger charge is 2.08. The first kappa shape index (κ1) is 16.1. The molecule has 0 unspecified atom stereocenters. The Hall–Kier alpha value is -2.73. The van der Waals surface area contributed by atoms with Crippen molar-refractivity contribution in [2.45, 2.75) is 11.4 Å². The van der Waals surface area contributed by atoms with E-state index in [0.29, 0.717) is 18.1 Å². The van der Waals surface area contributed by atoms with Gasteiger partial charge in [-0.25, -0.2) is 13.4 Å². The van der Waals surface area contributed by atoms with Gasteiger partial charge in [-0.3, -0.25) is 4.98 Å². The van der Waals surface area contributed by atoms with Gasteiger partial charge in [-0.2, -0.15) is 0 Å². The number of benzene rings is 2. The van der Waals surface area contributed by atoms with Crippen LogP contribution in [0.1, 0.15) is 5.56 Å². The number of hydrogen-bond donors (Lipinski definition) is 1. The fraction of sp³-hybridized carbons (Fsp3) is 0.111. The van der Waals surface area contributed by atoms with E-state index >= 15 is 0 Å². The Bertz CT molecular complexity index is 924. The molecule has 122 valence electrons. The van der Waals surface area contributed by atoms with Crippen LogP contribution in [0, 0.1) is 0 Å². The minimum atomic E-state index is -3.20. The molecule has 0 aliphatic heterocycles. The first-order valence-electron chi connectivity index (χ1n) is 7.43. The Morgan fingerprint density at radius 2 is 1.67 bits per heavy atom. The quantitative estimate of drug-likeness (QED) is 0.773. The summed E-state index contributed by atoms with van der Waals surface area (Å²) in [6, 6.07) is 16.7. The van der Waals surface area contributed by atoms with Gasteiger partial charge in [0, 0.05) is 18.4 Å². The van der Waals surface area contributed by atoms with E-state index in [1.165, 1.54) is 6.26 Å². The Kier molecular flexibility index (Phi) is 4.57. The van der Waals surface area contributed by atoms with Gasteiger partial charge in [0.25, 0.3) is 0 Å². The van der Waals surface area contributed by atoms with Gasteiger partial charge in [-0.05, 0) is 17.7 Å². The standard InChI is InChI=1S/C18H17N3O2S/c1-24(22,23)16-9-7-15(8-10-16)17-12-19-13-18(21-17)20-11-14-5-3-2-4-6-14/h2-10,12-13H,11H2,1H3,(H,20,21). The summed E-state index contributed by atoms with van der Waals surface area (Å²) < 4.78 is 23.0. The number of hydrogen-bond acceptors (Lipinski definition) is 5. The first-order valence-corrected chi connectivity index (χ1v) is 9.32. The molecule has 0 saturated heterocycles. The van der Waals surface area contributed by atoms with Crippen LogP contribution in [0.2, 0.25) is 0 Å². The number of sulfone groups is 1. The molecule has 1 N–H and O–H groups in total. The van der Waals surface area contributed by atoms with Crippen molar-refractivity contribution >= 4 is 15.7 Å². The molecule has 0 aliphatic carbocycles. The third-order valence-corrected chi connectivity index (χ3v) is 4.66. The van der Waals surface area contributed by atoms with Crippen LogP contribution in [0.5, 0.6) is 0 Å². The Balaban J connectivity index is 1.77. The fourth-order valence-corrected chi connectivity index (χ4v) is 2.88. The van der Waals surface area contributed by atoms with Gasteiger partial charge in [0.1, 0.15) is 5.82 Å². The second-order valence-corrected chi connectivity index (χ2v) is 7.44. The zero-order valence-corrected chi connectivity index (χ0v) is 14.0. The zero-order chi connectivity index (χ0) is 17.0. The Morgan fingerprint density at radius 3 is 2.33 bits per heavy atom. The van der Waals surface area contributed by atoms with Gasteiger partial charge in [0.2, 0.25) is 0 Å². The van der Waals surface area contributed by atoms with Crippen molar-refractivity contribution in [2.75, 3.05) is 11.6 Å². The van der Waals surface area contributed by atoms with Gasteiger partial charge >= 0.3 is 0 Å². The van der Waals surface area contributed by atoms with Crippen molar-refractivity contribution in [1.29, 1.82) is 0 Å². The van der Waals surface area contributed by atoms with Crippen molar-refractivity contribution < 1.29 is 8.42 Å². The van der Waals surface area contributed by atoms with Crippen LogP contribution in [0.15, 0.2) is 71.9 Å². The zero-order valence-electron chi connectivity index (χ0n) is 13.2. The normalized spacial score (nSPS) is 11.2. The first-order chi connectivity index (χ1) is 11.5. The molecular weight excluding hydrogens is 322 g/mol. The van der Waals surface area contributed by atoms with Gasteiger partial charge in [-0.1, -0.05) is 42.5 Å². The highest BCUT2D eigenvalue weighted by atomic mass is 32.2. The van der Waals surface area contributed by atoms with Crippen LogP contribution in [-0.2, 0) is 16.4 Å². The van der Waals surface area contributed by atoms with E-state index in [0.717, 1.165) is 11.1 Å². The molecule has 2 aromatic carbocycles. The number of nitrogens with zero attached hydrogens (tertiary/aromatic N) is 2. The number of aromatic nitrogens is 2. The molecule has 3 rings (SSSR count). The summed E-state index contributed by atoms with van der Waals surface area (Å²) in [5.41, 5.74) is 2.66. The molecule has 0 bridgehead atoms. The number of nitrogens with one attached hydrogen (secondary N) is 1. The van der Waals surface area contributed by atoms with Gasteiger partial charge in [0.15, 0.2) is 9.84 Å². The maximum absolute atomic E-state index is 11.5. The highest BCUT2D eigenvalue weighted by Crippen LogP contribution is 2.20. The van der Waals surface area contributed by atoms with Crippen molar-refractivity contribution in [2.24, 2.45) is 0 Å². The maximum Gasteiger partial charge on any atom is 0.175 e. The van der Waals surface area contributed by atoms with Crippen LogP contribution >= 0.6 is 0 Å². The summed E-state index contributed by atoms with van der Waals surface area (Å²) in [5, 5.41) is 3.24. The van der Waals surface area contributed by atoms with Crippen LogP contribution in [-0.4, -0.2) is 24.6 Å². The van der Waals surface area contributed by atoms with E-state index in [4.69, 9.17) is 0 Å².